The molecule has 2 amide bonds. The van der Waals surface area contributed by atoms with Crippen molar-refractivity contribution in [3.8, 4) is 0 Å². The molecule has 0 saturated heterocycles. The predicted molar refractivity (Wildman–Crippen MR) is 49.5 cm³/mol. The first-order valence-corrected chi connectivity index (χ1v) is 3.72. The highest BCUT2D eigenvalue weighted by molar-refractivity contribution is 5.87. The van der Waals surface area contributed by atoms with E-state index in [1.54, 1.807) is 0 Å². The Hall–Kier alpha value is -1.62. The number of carbonyl (C=O) groups excluding carboxylic acids is 2. The Bertz CT molecular complexity index is 191. The fourth-order valence-electron chi connectivity index (χ4n) is 0.506. The van der Waals surface area contributed by atoms with Gasteiger partial charge in [-0.05, 0) is 12.2 Å². The lowest BCUT2D eigenvalue weighted by Crippen LogP contribution is -2.39. The van der Waals surface area contributed by atoms with Crippen LogP contribution in [-0.4, -0.2) is 25.2 Å². The van der Waals surface area contributed by atoms with Crippen LogP contribution in [0.5, 0.6) is 0 Å². The summed E-state index contributed by atoms with van der Waals surface area (Å²) < 4.78 is 0. The lowest BCUT2D eigenvalue weighted by molar-refractivity contribution is -0.116. The molecule has 0 radical (unpaired) electrons. The molecule has 72 valence electrons. The quantitative estimate of drug-likeness (QED) is 0.284. The smallest absolute Gasteiger partial charge is 0.244 e. The van der Waals surface area contributed by atoms with E-state index < -0.39 is 0 Å². The number of amides is 2. The molecule has 0 aliphatic heterocycles. The number of hydrogen-bond donors (Lipinski definition) is 3. The summed E-state index contributed by atoms with van der Waals surface area (Å²) in [6.07, 6.45) is 2.34. The van der Waals surface area contributed by atoms with Crippen molar-refractivity contribution in [3.63, 3.8) is 0 Å². The summed E-state index contributed by atoms with van der Waals surface area (Å²) in [5, 5.41) is 7.71. The SMILES string of the molecule is C=CC(=O)NCNCNC(=O)C=C. The fourth-order valence-corrected chi connectivity index (χ4v) is 0.506. The molecule has 3 N–H and O–H groups in total. The standard InChI is InChI=1S/C8H13N3O2/c1-3-7(12)10-5-9-6-11-8(13)4-2/h3-4,9H,1-2,5-6H2,(H,10,12)(H,11,13). The van der Waals surface area contributed by atoms with Crippen LogP contribution in [0.3, 0.4) is 0 Å². The molecule has 0 heterocycles. The summed E-state index contributed by atoms with van der Waals surface area (Å²) in [6, 6.07) is 0. The van der Waals surface area contributed by atoms with Crippen LogP contribution in [0.4, 0.5) is 0 Å². The maximum atomic E-state index is 10.6. The summed E-state index contributed by atoms with van der Waals surface area (Å²) in [5.74, 6) is -0.523. The molecule has 0 aromatic rings. The fraction of sp³-hybridized carbons (Fsp3) is 0.250. The van der Waals surface area contributed by atoms with Crippen LogP contribution in [0.1, 0.15) is 0 Å². The van der Waals surface area contributed by atoms with Gasteiger partial charge in [0, 0.05) is 0 Å². The van der Waals surface area contributed by atoms with Crippen molar-refractivity contribution >= 4 is 11.8 Å². The second kappa shape index (κ2) is 7.05. The van der Waals surface area contributed by atoms with Gasteiger partial charge in [0.15, 0.2) is 0 Å². The van der Waals surface area contributed by atoms with Crippen LogP contribution in [0.25, 0.3) is 0 Å². The number of nitrogens with one attached hydrogen (secondary N) is 3. The Morgan fingerprint density at radius 2 is 1.38 bits per heavy atom. The first-order valence-electron chi connectivity index (χ1n) is 3.72. The van der Waals surface area contributed by atoms with Crippen molar-refractivity contribution < 1.29 is 9.59 Å². The highest BCUT2D eigenvalue weighted by Gasteiger charge is 1.92. The van der Waals surface area contributed by atoms with E-state index in [1.807, 2.05) is 0 Å². The van der Waals surface area contributed by atoms with Gasteiger partial charge >= 0.3 is 0 Å². The van der Waals surface area contributed by atoms with Crippen molar-refractivity contribution in [2.75, 3.05) is 13.3 Å². The molecule has 0 rings (SSSR count). The van der Waals surface area contributed by atoms with E-state index in [0.717, 1.165) is 0 Å². The Labute approximate surface area is 76.9 Å². The largest absolute Gasteiger partial charge is 0.340 e. The van der Waals surface area contributed by atoms with Crippen molar-refractivity contribution in [2.24, 2.45) is 0 Å². The normalized spacial score (nSPS) is 8.62. The Balaban J connectivity index is 3.26. The minimum absolute atomic E-state index is 0.262. The highest BCUT2D eigenvalue weighted by atomic mass is 16.2. The molecular formula is C8H13N3O2. The van der Waals surface area contributed by atoms with Gasteiger partial charge in [0.1, 0.15) is 0 Å². The van der Waals surface area contributed by atoms with Crippen molar-refractivity contribution in [1.29, 1.82) is 0 Å². The molecule has 0 atom stereocenters. The molecule has 0 bridgehead atoms. The van der Waals surface area contributed by atoms with Crippen LogP contribution in [0, 0.1) is 0 Å². The van der Waals surface area contributed by atoms with Gasteiger partial charge < -0.3 is 10.6 Å². The van der Waals surface area contributed by atoms with Crippen LogP contribution in [-0.2, 0) is 9.59 Å². The predicted octanol–water partition coefficient (Wildman–Crippen LogP) is -0.905. The minimum Gasteiger partial charge on any atom is -0.340 e. The molecule has 0 saturated carbocycles. The van der Waals surface area contributed by atoms with Gasteiger partial charge in [-0.1, -0.05) is 13.2 Å². The Morgan fingerprint density at radius 3 is 1.69 bits per heavy atom. The van der Waals surface area contributed by atoms with Gasteiger partial charge in [-0.3, -0.25) is 14.9 Å². The molecule has 5 heteroatoms. The second-order valence-corrected chi connectivity index (χ2v) is 2.09. The Morgan fingerprint density at radius 1 is 1.00 bits per heavy atom. The highest BCUT2D eigenvalue weighted by Crippen LogP contribution is 1.64. The molecule has 0 aromatic carbocycles. The lowest BCUT2D eigenvalue weighted by atomic mass is 10.6. The maximum absolute atomic E-state index is 10.6. The van der Waals surface area contributed by atoms with Crippen molar-refractivity contribution in [3.05, 3.63) is 25.3 Å². The first-order chi connectivity index (χ1) is 6.20. The zero-order valence-corrected chi connectivity index (χ0v) is 7.30. The summed E-state index contributed by atoms with van der Waals surface area (Å²) in [7, 11) is 0. The van der Waals surface area contributed by atoms with Gasteiger partial charge in [-0.25, -0.2) is 0 Å². The van der Waals surface area contributed by atoms with Crippen LogP contribution < -0.4 is 16.0 Å². The average Bonchev–Trinajstić information content (AvgIpc) is 2.16. The van der Waals surface area contributed by atoms with Gasteiger partial charge in [-0.15, -0.1) is 0 Å². The summed E-state index contributed by atoms with van der Waals surface area (Å²) in [4.78, 5) is 21.2. The van der Waals surface area contributed by atoms with Crippen LogP contribution in [0.15, 0.2) is 25.3 Å². The average molecular weight is 183 g/mol. The number of hydrogen-bond acceptors (Lipinski definition) is 3. The topological polar surface area (TPSA) is 70.2 Å². The van der Waals surface area contributed by atoms with Crippen molar-refractivity contribution in [2.45, 2.75) is 0 Å². The van der Waals surface area contributed by atoms with Crippen LogP contribution in [0.2, 0.25) is 0 Å². The lowest BCUT2D eigenvalue weighted by Gasteiger charge is -2.05. The zero-order valence-electron chi connectivity index (χ0n) is 7.30. The van der Waals surface area contributed by atoms with E-state index in [-0.39, 0.29) is 25.2 Å². The van der Waals surface area contributed by atoms with E-state index in [4.69, 9.17) is 0 Å². The molecule has 5 nitrogen and oxygen atoms in total. The molecule has 13 heavy (non-hydrogen) atoms. The van der Waals surface area contributed by atoms with Gasteiger partial charge in [0.25, 0.3) is 0 Å². The molecule has 0 aliphatic carbocycles. The third-order valence-electron chi connectivity index (χ3n) is 1.15. The van der Waals surface area contributed by atoms with E-state index in [9.17, 15) is 9.59 Å². The molecular weight excluding hydrogens is 170 g/mol. The molecule has 0 fully saturated rings. The van der Waals surface area contributed by atoms with Gasteiger partial charge in [-0.2, -0.15) is 0 Å². The summed E-state index contributed by atoms with van der Waals surface area (Å²) in [6.45, 7) is 7.12. The van der Waals surface area contributed by atoms with E-state index in [1.165, 1.54) is 12.2 Å². The van der Waals surface area contributed by atoms with Crippen LogP contribution >= 0.6 is 0 Å². The van der Waals surface area contributed by atoms with E-state index in [0.29, 0.717) is 0 Å². The molecule has 0 unspecified atom stereocenters. The van der Waals surface area contributed by atoms with E-state index >= 15 is 0 Å². The Kier molecular flexibility index (Phi) is 6.17. The third-order valence-corrected chi connectivity index (χ3v) is 1.15. The second-order valence-electron chi connectivity index (χ2n) is 2.09. The summed E-state index contributed by atoms with van der Waals surface area (Å²) in [5.41, 5.74) is 0. The molecule has 0 aliphatic rings. The van der Waals surface area contributed by atoms with E-state index in [2.05, 4.69) is 29.1 Å². The molecule has 0 spiro atoms. The van der Waals surface area contributed by atoms with Crippen molar-refractivity contribution in [1.82, 2.24) is 16.0 Å². The molecule has 0 aromatic heterocycles. The summed E-state index contributed by atoms with van der Waals surface area (Å²) >= 11 is 0. The zero-order chi connectivity index (χ0) is 10.1. The van der Waals surface area contributed by atoms with Gasteiger partial charge in [0.2, 0.25) is 11.8 Å². The minimum atomic E-state index is -0.262. The monoisotopic (exact) mass is 183 g/mol. The first kappa shape index (κ1) is 11.4. The third kappa shape index (κ3) is 6.77. The maximum Gasteiger partial charge on any atom is 0.244 e. The number of carbonyl (C=O) groups is 2. The number of rotatable bonds is 6. The van der Waals surface area contributed by atoms with Gasteiger partial charge in [0.05, 0.1) is 13.3 Å².